The van der Waals surface area contributed by atoms with Gasteiger partial charge in [-0.1, -0.05) is 36.4 Å². The Hall–Kier alpha value is -2.16. The van der Waals surface area contributed by atoms with Crippen LogP contribution in [0, 0.1) is 11.3 Å². The van der Waals surface area contributed by atoms with Crippen LogP contribution in [0.25, 0.3) is 11.1 Å². The number of anilines is 1. The van der Waals surface area contributed by atoms with E-state index in [1.807, 2.05) is 36.4 Å². The van der Waals surface area contributed by atoms with Crippen molar-refractivity contribution in [3.8, 4) is 17.2 Å². The molecule has 0 saturated heterocycles. The Morgan fingerprint density at radius 3 is 2.44 bits per heavy atom. The molecule has 2 N–H and O–H groups in total. The van der Waals surface area contributed by atoms with Gasteiger partial charge in [0.05, 0.1) is 11.3 Å². The lowest BCUT2D eigenvalue weighted by Gasteiger charge is -2.07. The van der Waals surface area contributed by atoms with Crippen molar-refractivity contribution >= 4 is 17.0 Å². The summed E-state index contributed by atoms with van der Waals surface area (Å²) in [6.45, 7) is 0. The first-order chi connectivity index (χ1) is 8.70. The van der Waals surface area contributed by atoms with Gasteiger partial charge in [-0.05, 0) is 23.3 Å². The maximum Gasteiger partial charge on any atom is 0.259 e. The molecule has 0 aliphatic carbocycles. The Labute approximate surface area is 107 Å². The Morgan fingerprint density at radius 1 is 1.11 bits per heavy atom. The van der Waals surface area contributed by atoms with Crippen LogP contribution in [-0.4, -0.2) is 8.76 Å². The standard InChI is InChI=1S/C13H10N2O2S/c14-9-12-8-11(10-4-2-1-3-5-10)6-7-13(12)15-18(16)17/h1-8,15H,(H,16,17). The number of hydrogen-bond acceptors (Lipinski definition) is 2. The van der Waals surface area contributed by atoms with E-state index in [0.29, 0.717) is 11.3 Å². The third-order valence-electron chi connectivity index (χ3n) is 2.44. The van der Waals surface area contributed by atoms with Crippen molar-refractivity contribution < 1.29 is 8.76 Å². The molecule has 5 heteroatoms. The first-order valence-corrected chi connectivity index (χ1v) is 6.28. The fourth-order valence-corrected chi connectivity index (χ4v) is 2.00. The van der Waals surface area contributed by atoms with Crippen molar-refractivity contribution in [1.82, 2.24) is 0 Å². The van der Waals surface area contributed by atoms with Crippen molar-refractivity contribution in [1.29, 1.82) is 5.26 Å². The molecule has 1 atom stereocenters. The fraction of sp³-hybridized carbons (Fsp3) is 0. The summed E-state index contributed by atoms with van der Waals surface area (Å²) < 4.78 is 21.8. The summed E-state index contributed by atoms with van der Waals surface area (Å²) in [5.41, 5.74) is 2.56. The molecule has 0 bridgehead atoms. The van der Waals surface area contributed by atoms with Gasteiger partial charge in [0.2, 0.25) is 0 Å². The molecule has 0 radical (unpaired) electrons. The summed E-state index contributed by atoms with van der Waals surface area (Å²) in [5.74, 6) is 0. The highest BCUT2D eigenvalue weighted by Crippen LogP contribution is 2.24. The van der Waals surface area contributed by atoms with E-state index in [0.717, 1.165) is 11.1 Å². The molecule has 4 nitrogen and oxygen atoms in total. The molecule has 18 heavy (non-hydrogen) atoms. The van der Waals surface area contributed by atoms with Gasteiger partial charge in [-0.3, -0.25) is 9.27 Å². The Kier molecular flexibility index (Phi) is 3.72. The molecule has 0 spiro atoms. The molecule has 2 aromatic rings. The van der Waals surface area contributed by atoms with Crippen LogP contribution in [0.4, 0.5) is 5.69 Å². The quantitative estimate of drug-likeness (QED) is 0.831. The monoisotopic (exact) mass is 258 g/mol. The molecular formula is C13H10N2O2S. The molecule has 1 unspecified atom stereocenters. The smallest absolute Gasteiger partial charge is 0.259 e. The zero-order chi connectivity index (χ0) is 13.0. The van der Waals surface area contributed by atoms with Crippen molar-refractivity contribution in [2.24, 2.45) is 0 Å². The van der Waals surface area contributed by atoms with Crippen molar-refractivity contribution in [3.05, 3.63) is 54.1 Å². The Balaban J connectivity index is 2.43. The highest BCUT2D eigenvalue weighted by atomic mass is 32.2. The number of rotatable bonds is 3. The topological polar surface area (TPSA) is 73.1 Å². The van der Waals surface area contributed by atoms with Gasteiger partial charge in [-0.2, -0.15) is 5.26 Å². The number of nitriles is 1. The summed E-state index contributed by atoms with van der Waals surface area (Å²) in [7, 11) is 0. The molecule has 0 heterocycles. The third kappa shape index (κ3) is 2.74. The van der Waals surface area contributed by atoms with E-state index in [2.05, 4.69) is 4.72 Å². The van der Waals surface area contributed by atoms with E-state index < -0.39 is 11.3 Å². The summed E-state index contributed by atoms with van der Waals surface area (Å²) in [4.78, 5) is 0. The van der Waals surface area contributed by atoms with Gasteiger partial charge in [0.15, 0.2) is 0 Å². The predicted octanol–water partition coefficient (Wildman–Crippen LogP) is 2.77. The summed E-state index contributed by atoms with van der Waals surface area (Å²) in [6, 6.07) is 16.7. The van der Waals surface area contributed by atoms with Crippen LogP contribution in [-0.2, 0) is 11.3 Å². The summed E-state index contributed by atoms with van der Waals surface area (Å²) in [5, 5.41) is 9.03. The zero-order valence-corrected chi connectivity index (χ0v) is 10.1. The molecule has 2 aromatic carbocycles. The average Bonchev–Trinajstić information content (AvgIpc) is 2.39. The van der Waals surface area contributed by atoms with E-state index >= 15 is 0 Å². The normalized spacial score (nSPS) is 11.6. The summed E-state index contributed by atoms with van der Waals surface area (Å²) >= 11 is -2.18. The molecule has 0 saturated carbocycles. The molecule has 0 aromatic heterocycles. The lowest BCUT2D eigenvalue weighted by molar-refractivity contribution is 0.570. The molecule has 0 fully saturated rings. The van der Waals surface area contributed by atoms with Gasteiger partial charge in [0, 0.05) is 0 Å². The van der Waals surface area contributed by atoms with Crippen LogP contribution in [0.5, 0.6) is 0 Å². The van der Waals surface area contributed by atoms with Gasteiger partial charge >= 0.3 is 0 Å². The second-order valence-corrected chi connectivity index (χ2v) is 4.29. The van der Waals surface area contributed by atoms with Crippen LogP contribution in [0.3, 0.4) is 0 Å². The fourth-order valence-electron chi connectivity index (χ4n) is 1.63. The predicted molar refractivity (Wildman–Crippen MR) is 71.0 cm³/mol. The van der Waals surface area contributed by atoms with Gasteiger partial charge < -0.3 is 0 Å². The minimum Gasteiger partial charge on any atom is -0.289 e. The maximum absolute atomic E-state index is 10.7. The van der Waals surface area contributed by atoms with Crippen molar-refractivity contribution in [3.63, 3.8) is 0 Å². The molecule has 0 aliphatic heterocycles. The van der Waals surface area contributed by atoms with E-state index in [1.165, 1.54) is 0 Å². The molecule has 90 valence electrons. The van der Waals surface area contributed by atoms with Crippen LogP contribution >= 0.6 is 0 Å². The van der Waals surface area contributed by atoms with Gasteiger partial charge in [-0.25, -0.2) is 4.21 Å². The Morgan fingerprint density at radius 2 is 1.83 bits per heavy atom. The van der Waals surface area contributed by atoms with Crippen molar-refractivity contribution in [2.45, 2.75) is 0 Å². The SMILES string of the molecule is N#Cc1cc(-c2ccccc2)ccc1NS(=O)O. The van der Waals surface area contributed by atoms with Crippen LogP contribution in [0.1, 0.15) is 5.56 Å². The van der Waals surface area contributed by atoms with Crippen LogP contribution in [0.2, 0.25) is 0 Å². The lowest BCUT2D eigenvalue weighted by atomic mass is 10.0. The number of nitrogens with one attached hydrogen (secondary N) is 1. The van der Waals surface area contributed by atoms with Gasteiger partial charge in [0.25, 0.3) is 11.3 Å². The van der Waals surface area contributed by atoms with E-state index in [9.17, 15) is 4.21 Å². The second-order valence-electron chi connectivity index (χ2n) is 3.59. The van der Waals surface area contributed by atoms with E-state index in [-0.39, 0.29) is 0 Å². The summed E-state index contributed by atoms with van der Waals surface area (Å²) in [6.07, 6.45) is 0. The van der Waals surface area contributed by atoms with E-state index in [1.54, 1.807) is 18.2 Å². The third-order valence-corrected chi connectivity index (χ3v) is 2.84. The molecular weight excluding hydrogens is 248 g/mol. The number of nitrogens with zero attached hydrogens (tertiary/aromatic N) is 1. The first kappa shape index (κ1) is 12.3. The maximum atomic E-state index is 10.7. The average molecular weight is 258 g/mol. The van der Waals surface area contributed by atoms with Crippen LogP contribution < -0.4 is 4.72 Å². The largest absolute Gasteiger partial charge is 0.289 e. The van der Waals surface area contributed by atoms with Gasteiger partial charge in [0.1, 0.15) is 6.07 Å². The number of benzene rings is 2. The molecule has 2 rings (SSSR count). The van der Waals surface area contributed by atoms with Crippen molar-refractivity contribution in [2.75, 3.05) is 4.72 Å². The minimum atomic E-state index is -2.18. The van der Waals surface area contributed by atoms with Gasteiger partial charge in [-0.15, -0.1) is 0 Å². The highest BCUT2D eigenvalue weighted by molar-refractivity contribution is 7.80. The Bertz CT molecular complexity index is 621. The zero-order valence-electron chi connectivity index (χ0n) is 9.33. The first-order valence-electron chi connectivity index (χ1n) is 5.18. The number of hydrogen-bond donors (Lipinski definition) is 2. The second kappa shape index (κ2) is 5.45. The minimum absolute atomic E-state index is 0.332. The molecule has 0 aliphatic rings. The highest BCUT2D eigenvalue weighted by Gasteiger charge is 2.06. The molecule has 0 amide bonds. The lowest BCUT2D eigenvalue weighted by Crippen LogP contribution is -2.03. The van der Waals surface area contributed by atoms with Crippen LogP contribution in [0.15, 0.2) is 48.5 Å². The van der Waals surface area contributed by atoms with E-state index in [4.69, 9.17) is 9.81 Å².